The van der Waals surface area contributed by atoms with Crippen molar-refractivity contribution in [2.24, 2.45) is 17.3 Å². The van der Waals surface area contributed by atoms with Crippen molar-refractivity contribution < 1.29 is 14.1 Å². The predicted octanol–water partition coefficient (Wildman–Crippen LogP) is 2.56. The van der Waals surface area contributed by atoms with Gasteiger partial charge >= 0.3 is 0 Å². The van der Waals surface area contributed by atoms with Gasteiger partial charge in [-0.15, -0.1) is 0 Å². The average Bonchev–Trinajstić information content (AvgIpc) is 3.03. The van der Waals surface area contributed by atoms with Crippen molar-refractivity contribution in [3.8, 4) is 0 Å². The standard InChI is InChI=1S/C18H29N3O3/c1-17(2,11-19-4)14-9-15(24-21-14)20-16(22)18(3)10-13(18)12-5-7-23-8-6-12/h9,12-13,19H,5-8,10-11H2,1-4H3,(H,20,22). The Hall–Kier alpha value is -1.40. The van der Waals surface area contributed by atoms with Gasteiger partial charge in [0, 0.05) is 31.2 Å². The maximum atomic E-state index is 12.7. The van der Waals surface area contributed by atoms with E-state index in [1.807, 2.05) is 13.1 Å². The van der Waals surface area contributed by atoms with Crippen molar-refractivity contribution in [3.63, 3.8) is 0 Å². The van der Waals surface area contributed by atoms with Gasteiger partial charge in [0.05, 0.1) is 11.1 Å². The number of carbonyl (C=O) groups excluding carboxylic acids is 1. The Kier molecular flexibility index (Phi) is 4.71. The normalized spacial score (nSPS) is 27.9. The first-order valence-corrected chi connectivity index (χ1v) is 8.88. The predicted molar refractivity (Wildman–Crippen MR) is 91.8 cm³/mol. The van der Waals surface area contributed by atoms with Gasteiger partial charge in [-0.3, -0.25) is 10.1 Å². The molecule has 2 aliphatic rings. The van der Waals surface area contributed by atoms with Crippen LogP contribution in [0.3, 0.4) is 0 Å². The highest BCUT2D eigenvalue weighted by atomic mass is 16.5. The number of rotatable bonds is 6. The van der Waals surface area contributed by atoms with Gasteiger partial charge in [-0.1, -0.05) is 25.9 Å². The molecule has 2 fully saturated rings. The monoisotopic (exact) mass is 335 g/mol. The van der Waals surface area contributed by atoms with Gasteiger partial charge in [0.15, 0.2) is 0 Å². The minimum absolute atomic E-state index is 0.0492. The van der Waals surface area contributed by atoms with Crippen molar-refractivity contribution in [3.05, 3.63) is 11.8 Å². The number of nitrogens with one attached hydrogen (secondary N) is 2. The van der Waals surface area contributed by atoms with Crippen LogP contribution in [0.25, 0.3) is 0 Å². The van der Waals surface area contributed by atoms with Crippen LogP contribution in [0.4, 0.5) is 5.88 Å². The summed E-state index contributed by atoms with van der Waals surface area (Å²) in [5.41, 5.74) is 0.416. The molecule has 1 aliphatic heterocycles. The molecule has 1 aromatic heterocycles. The van der Waals surface area contributed by atoms with Crippen molar-refractivity contribution in [1.29, 1.82) is 0 Å². The number of hydrogen-bond acceptors (Lipinski definition) is 5. The lowest BCUT2D eigenvalue weighted by Gasteiger charge is -2.23. The number of aromatic nitrogens is 1. The number of nitrogens with zero attached hydrogens (tertiary/aromatic N) is 1. The Labute approximate surface area is 143 Å². The highest BCUT2D eigenvalue weighted by molar-refractivity contribution is 5.96. The van der Waals surface area contributed by atoms with Crippen molar-refractivity contribution in [1.82, 2.24) is 10.5 Å². The van der Waals surface area contributed by atoms with E-state index in [4.69, 9.17) is 9.26 Å². The van der Waals surface area contributed by atoms with E-state index in [1.165, 1.54) is 0 Å². The molecule has 6 heteroatoms. The Morgan fingerprint density at radius 2 is 2.12 bits per heavy atom. The first-order chi connectivity index (χ1) is 11.4. The van der Waals surface area contributed by atoms with Crippen LogP contribution in [0.15, 0.2) is 10.6 Å². The summed E-state index contributed by atoms with van der Waals surface area (Å²) in [4.78, 5) is 12.7. The topological polar surface area (TPSA) is 76.4 Å². The molecule has 2 N–H and O–H groups in total. The number of hydrogen-bond donors (Lipinski definition) is 2. The Balaban J connectivity index is 1.60. The summed E-state index contributed by atoms with van der Waals surface area (Å²) < 4.78 is 10.8. The molecule has 2 heterocycles. The molecule has 0 bridgehead atoms. The van der Waals surface area contributed by atoms with E-state index in [9.17, 15) is 4.79 Å². The third-order valence-corrected chi connectivity index (χ3v) is 5.71. The Bertz CT molecular complexity index is 592. The highest BCUT2D eigenvalue weighted by Gasteiger charge is 2.58. The molecule has 1 aromatic rings. The van der Waals surface area contributed by atoms with Crippen LogP contribution in [0, 0.1) is 17.3 Å². The molecule has 2 atom stereocenters. The molecular formula is C18H29N3O3. The van der Waals surface area contributed by atoms with Gasteiger partial charge in [-0.2, -0.15) is 0 Å². The second-order valence-electron chi connectivity index (χ2n) is 8.12. The lowest BCUT2D eigenvalue weighted by molar-refractivity contribution is -0.121. The van der Waals surface area contributed by atoms with Gasteiger partial charge in [0.25, 0.3) is 0 Å². The molecule has 1 aliphatic carbocycles. The fraction of sp³-hybridized carbons (Fsp3) is 0.778. The third kappa shape index (κ3) is 3.35. The van der Waals surface area contributed by atoms with Gasteiger partial charge in [-0.05, 0) is 38.1 Å². The summed E-state index contributed by atoms with van der Waals surface area (Å²) in [6.07, 6.45) is 3.09. The van der Waals surface area contributed by atoms with Gasteiger partial charge in [-0.25, -0.2) is 0 Å². The fourth-order valence-electron chi connectivity index (χ4n) is 3.90. The zero-order valence-corrected chi connectivity index (χ0v) is 15.1. The summed E-state index contributed by atoms with van der Waals surface area (Å²) in [6.45, 7) is 8.68. The van der Waals surface area contributed by atoms with Crippen LogP contribution >= 0.6 is 0 Å². The zero-order valence-electron chi connectivity index (χ0n) is 15.1. The fourth-order valence-corrected chi connectivity index (χ4v) is 3.90. The van der Waals surface area contributed by atoms with E-state index in [1.54, 1.807) is 0 Å². The molecule has 2 unspecified atom stereocenters. The van der Waals surface area contributed by atoms with E-state index in [-0.39, 0.29) is 16.7 Å². The third-order valence-electron chi connectivity index (χ3n) is 5.71. The second-order valence-corrected chi connectivity index (χ2v) is 8.12. The molecule has 1 amide bonds. The van der Waals surface area contributed by atoms with Crippen molar-refractivity contribution in [2.45, 2.75) is 45.4 Å². The first kappa shape index (κ1) is 17.4. The second kappa shape index (κ2) is 6.48. The minimum atomic E-state index is -0.282. The minimum Gasteiger partial charge on any atom is -0.381 e. The number of carbonyl (C=O) groups is 1. The first-order valence-electron chi connectivity index (χ1n) is 8.88. The van der Waals surface area contributed by atoms with E-state index >= 15 is 0 Å². The quantitative estimate of drug-likeness (QED) is 0.835. The molecule has 1 saturated carbocycles. The van der Waals surface area contributed by atoms with Crippen LogP contribution in [0.5, 0.6) is 0 Å². The van der Waals surface area contributed by atoms with E-state index in [2.05, 4.69) is 36.6 Å². The molecule has 24 heavy (non-hydrogen) atoms. The van der Waals surface area contributed by atoms with Crippen LogP contribution in [0.2, 0.25) is 0 Å². The van der Waals surface area contributed by atoms with Crippen LogP contribution < -0.4 is 10.6 Å². The van der Waals surface area contributed by atoms with Gasteiger partial charge < -0.3 is 14.6 Å². The molecule has 3 rings (SSSR count). The molecule has 1 saturated heterocycles. The van der Waals surface area contributed by atoms with Crippen molar-refractivity contribution >= 4 is 11.8 Å². The summed E-state index contributed by atoms with van der Waals surface area (Å²) in [5, 5.41) is 10.2. The largest absolute Gasteiger partial charge is 0.381 e. The van der Waals surface area contributed by atoms with Crippen LogP contribution in [-0.4, -0.2) is 37.9 Å². The molecule has 0 radical (unpaired) electrons. The SMILES string of the molecule is CNCC(C)(C)c1cc(NC(=O)C2(C)CC2C2CCOCC2)on1. The summed E-state index contributed by atoms with van der Waals surface area (Å²) in [5.74, 6) is 1.56. The Morgan fingerprint density at radius 1 is 1.42 bits per heavy atom. The summed E-state index contributed by atoms with van der Waals surface area (Å²) >= 11 is 0. The average molecular weight is 335 g/mol. The lowest BCUT2D eigenvalue weighted by atomic mass is 9.89. The molecule has 0 spiro atoms. The highest BCUT2D eigenvalue weighted by Crippen LogP contribution is 2.58. The number of anilines is 1. The smallest absolute Gasteiger partial charge is 0.232 e. The maximum Gasteiger partial charge on any atom is 0.232 e. The molecular weight excluding hydrogens is 306 g/mol. The number of amides is 1. The van der Waals surface area contributed by atoms with Crippen LogP contribution in [-0.2, 0) is 14.9 Å². The lowest BCUT2D eigenvalue weighted by Crippen LogP contribution is -2.31. The summed E-state index contributed by atoms with van der Waals surface area (Å²) in [6, 6.07) is 1.84. The van der Waals surface area contributed by atoms with Crippen LogP contribution in [0.1, 0.15) is 45.7 Å². The number of likely N-dealkylation sites (N-methyl/N-ethyl adjacent to an activating group) is 1. The maximum absolute atomic E-state index is 12.7. The van der Waals surface area contributed by atoms with Crippen molar-refractivity contribution in [2.75, 3.05) is 32.1 Å². The number of ether oxygens (including phenoxy) is 1. The van der Waals surface area contributed by atoms with E-state index < -0.39 is 0 Å². The van der Waals surface area contributed by atoms with E-state index in [0.29, 0.717) is 17.7 Å². The Morgan fingerprint density at radius 3 is 2.79 bits per heavy atom. The zero-order chi connectivity index (χ0) is 17.4. The van der Waals surface area contributed by atoms with Gasteiger partial charge in [0.2, 0.25) is 11.8 Å². The molecule has 0 aromatic carbocycles. The van der Waals surface area contributed by atoms with E-state index in [0.717, 1.165) is 44.7 Å². The van der Waals surface area contributed by atoms with Gasteiger partial charge in [0.1, 0.15) is 0 Å². The summed E-state index contributed by atoms with van der Waals surface area (Å²) in [7, 11) is 1.91. The molecule has 134 valence electrons. The molecule has 6 nitrogen and oxygen atoms in total.